The zero-order chi connectivity index (χ0) is 19.7. The van der Waals surface area contributed by atoms with Crippen molar-refractivity contribution < 1.29 is 34.7 Å². The summed E-state index contributed by atoms with van der Waals surface area (Å²) in [5, 5.41) is 41.8. The third-order valence-electron chi connectivity index (χ3n) is 4.00. The number of allylic oxidation sites excluding steroid dienone is 4. The average Bonchev–Trinajstić information content (AvgIpc) is 2.63. The number of rotatable bonds is 9. The number of nitrogens with one attached hydrogen (secondary N) is 1. The van der Waals surface area contributed by atoms with Crippen LogP contribution in [0.3, 0.4) is 0 Å². The molecule has 26 heavy (non-hydrogen) atoms. The van der Waals surface area contributed by atoms with Crippen LogP contribution >= 0.6 is 0 Å². The summed E-state index contributed by atoms with van der Waals surface area (Å²) in [6, 6.07) is -0.455. The maximum absolute atomic E-state index is 11.6. The molecule has 0 spiro atoms. The average molecular weight is 371 g/mol. The molecule has 0 bridgehead atoms. The second-order valence-corrected chi connectivity index (χ2v) is 6.01. The molecule has 1 heterocycles. The van der Waals surface area contributed by atoms with Crippen LogP contribution in [-0.4, -0.2) is 75.8 Å². The Kier molecular flexibility index (Phi) is 9.71. The first-order valence-electron chi connectivity index (χ1n) is 8.56. The van der Waals surface area contributed by atoms with Crippen molar-refractivity contribution in [1.29, 1.82) is 0 Å². The topological polar surface area (TPSA) is 128 Å². The monoisotopic (exact) mass is 371 g/mol. The molecule has 1 amide bonds. The largest absolute Gasteiger partial charge is 0.394 e. The van der Waals surface area contributed by atoms with Crippen LogP contribution in [0.25, 0.3) is 0 Å². The smallest absolute Gasteiger partial charge is 0.220 e. The first-order valence-corrected chi connectivity index (χ1v) is 8.56. The molecule has 1 rings (SSSR count). The lowest BCUT2D eigenvalue weighted by Crippen LogP contribution is -2.60. The van der Waals surface area contributed by atoms with E-state index in [1.165, 1.54) is 0 Å². The van der Waals surface area contributed by atoms with Gasteiger partial charge in [-0.2, -0.15) is 0 Å². The van der Waals surface area contributed by atoms with Gasteiger partial charge in [0, 0.05) is 6.42 Å². The van der Waals surface area contributed by atoms with Gasteiger partial charge in [-0.3, -0.25) is 4.79 Å². The van der Waals surface area contributed by atoms with E-state index in [0.717, 1.165) is 0 Å². The van der Waals surface area contributed by atoms with Crippen molar-refractivity contribution in [1.82, 2.24) is 5.32 Å². The Labute approximate surface area is 153 Å². The molecule has 0 radical (unpaired) electrons. The summed E-state index contributed by atoms with van der Waals surface area (Å²) < 4.78 is 11.1. The lowest BCUT2D eigenvalue weighted by Gasteiger charge is -2.41. The zero-order valence-corrected chi connectivity index (χ0v) is 15.1. The van der Waals surface area contributed by atoms with Gasteiger partial charge in [-0.25, -0.2) is 0 Å². The molecule has 5 N–H and O–H groups in total. The Morgan fingerprint density at radius 1 is 1.23 bits per heavy atom. The van der Waals surface area contributed by atoms with Crippen molar-refractivity contribution in [2.75, 3.05) is 6.61 Å². The minimum Gasteiger partial charge on any atom is -0.394 e. The van der Waals surface area contributed by atoms with Crippen molar-refractivity contribution in [3.8, 4) is 0 Å². The summed E-state index contributed by atoms with van der Waals surface area (Å²) in [5.41, 5.74) is 0. The maximum atomic E-state index is 11.6. The molecule has 8 heteroatoms. The number of hydrogen-bond acceptors (Lipinski definition) is 7. The van der Waals surface area contributed by atoms with Gasteiger partial charge in [-0.1, -0.05) is 43.9 Å². The number of carbonyl (C=O) groups excluding carboxylic acids is 1. The fourth-order valence-corrected chi connectivity index (χ4v) is 2.42. The number of ether oxygens (including phenoxy) is 2. The van der Waals surface area contributed by atoms with Gasteiger partial charge < -0.3 is 35.2 Å². The standard InChI is InChI=1S/C18H29NO7/c1-4-6-7-8-9-12(11(3)19-14(21)5-2)25-18-17(24)16(23)15(22)13(10-20)26-18/h4,6-9,11-13,15-18,20,22-24H,1,5,10H2,2-3H3,(H,19,21)/b7-6-,9-8+. The molecule has 1 saturated heterocycles. The number of amides is 1. The Hall–Kier alpha value is -1.55. The second-order valence-electron chi connectivity index (χ2n) is 6.01. The van der Waals surface area contributed by atoms with Crippen molar-refractivity contribution in [2.24, 2.45) is 0 Å². The van der Waals surface area contributed by atoms with Gasteiger partial charge in [0.25, 0.3) is 0 Å². The number of aliphatic hydroxyl groups excluding tert-OH is 4. The van der Waals surface area contributed by atoms with Crippen LogP contribution in [0.15, 0.2) is 37.0 Å². The van der Waals surface area contributed by atoms with Crippen LogP contribution in [-0.2, 0) is 14.3 Å². The van der Waals surface area contributed by atoms with E-state index in [2.05, 4.69) is 11.9 Å². The van der Waals surface area contributed by atoms with Gasteiger partial charge >= 0.3 is 0 Å². The third-order valence-corrected chi connectivity index (χ3v) is 4.00. The van der Waals surface area contributed by atoms with Crippen molar-refractivity contribution in [3.63, 3.8) is 0 Å². The quantitative estimate of drug-likeness (QED) is 0.342. The van der Waals surface area contributed by atoms with Crippen LogP contribution in [0.2, 0.25) is 0 Å². The van der Waals surface area contributed by atoms with E-state index >= 15 is 0 Å². The molecule has 1 aliphatic heterocycles. The van der Waals surface area contributed by atoms with Gasteiger partial charge in [0.2, 0.25) is 5.91 Å². The summed E-state index contributed by atoms with van der Waals surface area (Å²) in [7, 11) is 0. The van der Waals surface area contributed by atoms with E-state index in [-0.39, 0.29) is 5.91 Å². The van der Waals surface area contributed by atoms with Gasteiger partial charge in [0.15, 0.2) is 6.29 Å². The fraction of sp³-hybridized carbons (Fsp3) is 0.611. The summed E-state index contributed by atoms with van der Waals surface area (Å²) in [6.45, 7) is 6.46. The molecule has 0 aliphatic carbocycles. The Balaban J connectivity index is 2.91. The van der Waals surface area contributed by atoms with Gasteiger partial charge in [-0.05, 0) is 6.92 Å². The molecule has 7 unspecified atom stereocenters. The van der Waals surface area contributed by atoms with Gasteiger partial charge in [0.1, 0.15) is 24.4 Å². The zero-order valence-electron chi connectivity index (χ0n) is 15.1. The van der Waals surface area contributed by atoms with E-state index in [9.17, 15) is 25.2 Å². The van der Waals surface area contributed by atoms with E-state index in [0.29, 0.717) is 6.42 Å². The highest BCUT2D eigenvalue weighted by molar-refractivity contribution is 5.75. The van der Waals surface area contributed by atoms with Crippen molar-refractivity contribution >= 4 is 5.91 Å². The van der Waals surface area contributed by atoms with Crippen molar-refractivity contribution in [2.45, 2.75) is 63.1 Å². The molecule has 0 aromatic rings. The number of carbonyl (C=O) groups is 1. The molecule has 148 valence electrons. The molecule has 1 fully saturated rings. The third kappa shape index (κ3) is 6.31. The van der Waals surface area contributed by atoms with Crippen LogP contribution in [0.4, 0.5) is 0 Å². The highest BCUT2D eigenvalue weighted by atomic mass is 16.7. The van der Waals surface area contributed by atoms with Crippen LogP contribution in [0, 0.1) is 0 Å². The summed E-state index contributed by atoms with van der Waals surface area (Å²) in [4.78, 5) is 11.6. The Bertz CT molecular complexity index is 506. The Morgan fingerprint density at radius 3 is 2.50 bits per heavy atom. The molecule has 0 saturated carbocycles. The molecule has 1 aliphatic rings. The van der Waals surface area contributed by atoms with Crippen LogP contribution < -0.4 is 5.32 Å². The SMILES string of the molecule is C=C/C=C\C=C\C(OC1OC(CO)C(O)C(O)C1O)C(C)NC(=O)CC. The molecular formula is C18H29NO7. The molecule has 8 nitrogen and oxygen atoms in total. The summed E-state index contributed by atoms with van der Waals surface area (Å²) in [5.74, 6) is -0.171. The number of aliphatic hydroxyl groups is 4. The molecular weight excluding hydrogens is 342 g/mol. The fourth-order valence-electron chi connectivity index (χ4n) is 2.42. The minimum atomic E-state index is -1.53. The maximum Gasteiger partial charge on any atom is 0.220 e. The van der Waals surface area contributed by atoms with Gasteiger partial charge in [0.05, 0.1) is 18.8 Å². The normalized spacial score (nSPS) is 31.8. The lowest BCUT2D eigenvalue weighted by molar-refractivity contribution is -0.308. The highest BCUT2D eigenvalue weighted by Gasteiger charge is 2.45. The minimum absolute atomic E-state index is 0.171. The van der Waals surface area contributed by atoms with Crippen molar-refractivity contribution in [3.05, 3.63) is 37.0 Å². The first-order chi connectivity index (χ1) is 12.3. The first kappa shape index (κ1) is 22.5. The molecule has 7 atom stereocenters. The predicted octanol–water partition coefficient (Wildman–Crippen LogP) is -0.615. The van der Waals surface area contributed by atoms with Gasteiger partial charge in [-0.15, -0.1) is 0 Å². The van der Waals surface area contributed by atoms with E-state index in [4.69, 9.17) is 9.47 Å². The van der Waals surface area contributed by atoms with Crippen LogP contribution in [0.5, 0.6) is 0 Å². The summed E-state index contributed by atoms with van der Waals surface area (Å²) >= 11 is 0. The Morgan fingerprint density at radius 2 is 1.92 bits per heavy atom. The van der Waals surface area contributed by atoms with E-state index < -0.39 is 49.5 Å². The predicted molar refractivity (Wildman–Crippen MR) is 95.0 cm³/mol. The second kappa shape index (κ2) is 11.2. The van der Waals surface area contributed by atoms with Crippen LogP contribution in [0.1, 0.15) is 20.3 Å². The van der Waals surface area contributed by atoms with E-state index in [1.807, 2.05) is 0 Å². The summed E-state index contributed by atoms with van der Waals surface area (Å²) in [6.07, 6.45) is 1.11. The molecule has 0 aromatic heterocycles. The molecule has 0 aromatic carbocycles. The number of hydrogen-bond donors (Lipinski definition) is 5. The lowest BCUT2D eigenvalue weighted by atomic mass is 9.99. The van der Waals surface area contributed by atoms with E-state index in [1.54, 1.807) is 44.2 Å². The highest BCUT2D eigenvalue weighted by Crippen LogP contribution is 2.23.